The third kappa shape index (κ3) is 4.04. The van der Waals surface area contributed by atoms with Crippen molar-refractivity contribution in [2.75, 3.05) is 20.1 Å². The van der Waals surface area contributed by atoms with Gasteiger partial charge in [0.1, 0.15) is 0 Å². The van der Waals surface area contributed by atoms with Gasteiger partial charge in [-0.05, 0) is 7.05 Å². The largest absolute Gasteiger partial charge is 0.694 e. The molecule has 0 spiro atoms. The lowest BCUT2D eigenvalue weighted by Gasteiger charge is -2.20. The first-order valence-corrected chi connectivity index (χ1v) is 4.67. The van der Waals surface area contributed by atoms with Gasteiger partial charge >= 0.3 is 19.1 Å². The molecule has 0 saturated carbocycles. The highest BCUT2D eigenvalue weighted by atomic mass is 16.6. The van der Waals surface area contributed by atoms with Gasteiger partial charge in [-0.25, -0.2) is 0 Å². The highest BCUT2D eigenvalue weighted by Crippen LogP contribution is 1.98. The van der Waals surface area contributed by atoms with E-state index < -0.39 is 19.1 Å². The molecular weight excluding hydrogens is 197 g/mol. The van der Waals surface area contributed by atoms with Crippen LogP contribution in [0.3, 0.4) is 0 Å². The molecule has 15 heavy (non-hydrogen) atoms. The summed E-state index contributed by atoms with van der Waals surface area (Å²) in [7, 11) is 0.583. The highest BCUT2D eigenvalue weighted by molar-refractivity contribution is 6.58. The molecule has 6 heteroatoms. The van der Waals surface area contributed by atoms with Gasteiger partial charge in [-0.2, -0.15) is 0 Å². The summed E-state index contributed by atoms with van der Waals surface area (Å²) in [4.78, 5) is 23.9. The molecule has 0 unspecified atom stereocenters. The summed E-state index contributed by atoms with van der Waals surface area (Å²) in [6.07, 6.45) is 0.617. The minimum atomic E-state index is -1.06. The van der Waals surface area contributed by atoms with Crippen LogP contribution in [0.1, 0.15) is 13.3 Å². The van der Waals surface area contributed by atoms with Crippen LogP contribution in [0.15, 0.2) is 0 Å². The summed E-state index contributed by atoms with van der Waals surface area (Å²) in [5.41, 5.74) is 0. The second kappa shape index (κ2) is 5.42. The van der Waals surface area contributed by atoms with Gasteiger partial charge in [0.2, 0.25) is 0 Å². The monoisotopic (exact) mass is 209 g/mol. The molecule has 0 amide bonds. The van der Waals surface area contributed by atoms with E-state index in [1.54, 1.807) is 7.05 Å². The normalized spacial score (nSPS) is 18.1. The summed E-state index contributed by atoms with van der Waals surface area (Å²) in [6.45, 7) is 1.99. The maximum atomic E-state index is 11.2. The molecule has 0 bridgehead atoms. The van der Waals surface area contributed by atoms with Crippen molar-refractivity contribution in [3.05, 3.63) is 0 Å². The number of nitrogens with zero attached hydrogens (tertiary/aromatic N) is 1. The highest BCUT2D eigenvalue weighted by Gasteiger charge is 2.30. The Morgan fingerprint density at radius 3 is 2.33 bits per heavy atom. The molecule has 1 rings (SSSR count). The van der Waals surface area contributed by atoms with Crippen molar-refractivity contribution in [3.8, 4) is 11.7 Å². The van der Waals surface area contributed by atoms with Crippen LogP contribution in [0.25, 0.3) is 0 Å². The van der Waals surface area contributed by atoms with Gasteiger partial charge in [0.15, 0.2) is 0 Å². The van der Waals surface area contributed by atoms with Crippen LogP contribution in [0.5, 0.6) is 0 Å². The zero-order chi connectivity index (χ0) is 11.3. The SMILES string of the molecule is CCC#CB1OC(=O)CN(C)CC(=O)O1. The molecule has 1 aliphatic rings. The van der Waals surface area contributed by atoms with E-state index in [9.17, 15) is 9.59 Å². The van der Waals surface area contributed by atoms with Gasteiger partial charge in [-0.3, -0.25) is 14.5 Å². The Morgan fingerprint density at radius 1 is 1.33 bits per heavy atom. The number of likely N-dealkylation sites (N-methyl/N-ethyl adjacent to an activating group) is 1. The summed E-state index contributed by atoms with van der Waals surface area (Å²) < 4.78 is 9.67. The third-order valence-electron chi connectivity index (χ3n) is 1.67. The van der Waals surface area contributed by atoms with Crippen molar-refractivity contribution in [3.63, 3.8) is 0 Å². The lowest BCUT2D eigenvalue weighted by atomic mass is 9.91. The summed E-state index contributed by atoms with van der Waals surface area (Å²) in [6, 6.07) is 0. The van der Waals surface area contributed by atoms with E-state index >= 15 is 0 Å². The Balaban J connectivity index is 2.66. The Kier molecular flexibility index (Phi) is 4.19. The number of carbonyl (C=O) groups is 2. The Hall–Kier alpha value is -1.48. The average molecular weight is 209 g/mol. The fourth-order valence-electron chi connectivity index (χ4n) is 1.08. The predicted octanol–water partition coefficient (Wildman–Crippen LogP) is -0.541. The fraction of sp³-hybridized carbons (Fsp3) is 0.556. The molecule has 0 atom stereocenters. The molecule has 0 aromatic carbocycles. The molecule has 1 fully saturated rings. The number of rotatable bonds is 0. The van der Waals surface area contributed by atoms with Crippen molar-refractivity contribution >= 4 is 19.1 Å². The van der Waals surface area contributed by atoms with E-state index in [4.69, 9.17) is 9.31 Å². The Bertz CT molecular complexity index is 300. The van der Waals surface area contributed by atoms with E-state index in [2.05, 4.69) is 11.7 Å². The Morgan fingerprint density at radius 2 is 1.87 bits per heavy atom. The van der Waals surface area contributed by atoms with Crippen LogP contribution in [0.2, 0.25) is 0 Å². The lowest BCUT2D eigenvalue weighted by Crippen LogP contribution is -2.42. The van der Waals surface area contributed by atoms with Crippen LogP contribution < -0.4 is 0 Å². The van der Waals surface area contributed by atoms with E-state index in [1.165, 1.54) is 4.90 Å². The van der Waals surface area contributed by atoms with Crippen molar-refractivity contribution in [1.29, 1.82) is 0 Å². The molecule has 5 nitrogen and oxygen atoms in total. The lowest BCUT2D eigenvalue weighted by molar-refractivity contribution is -0.145. The number of hydrogen-bond acceptors (Lipinski definition) is 5. The fourth-order valence-corrected chi connectivity index (χ4v) is 1.08. The van der Waals surface area contributed by atoms with E-state index in [-0.39, 0.29) is 13.1 Å². The minimum absolute atomic E-state index is 0.0689. The average Bonchev–Trinajstić information content (AvgIpc) is 2.11. The second-order valence-electron chi connectivity index (χ2n) is 3.16. The summed E-state index contributed by atoms with van der Waals surface area (Å²) in [5, 5.41) is 0. The first kappa shape index (κ1) is 11.6. The molecule has 1 heterocycles. The summed E-state index contributed by atoms with van der Waals surface area (Å²) in [5.74, 6) is 4.37. The quantitative estimate of drug-likeness (QED) is 0.396. The summed E-state index contributed by atoms with van der Waals surface area (Å²) >= 11 is 0. The van der Waals surface area contributed by atoms with Gasteiger partial charge in [-0.15, -0.1) is 5.92 Å². The molecule has 1 aliphatic heterocycles. The maximum absolute atomic E-state index is 11.2. The molecule has 0 N–H and O–H groups in total. The van der Waals surface area contributed by atoms with Crippen LogP contribution in [-0.2, 0) is 18.9 Å². The molecule has 0 aromatic rings. The van der Waals surface area contributed by atoms with E-state index in [1.807, 2.05) is 6.92 Å². The first-order valence-electron chi connectivity index (χ1n) is 4.67. The number of hydrogen-bond donors (Lipinski definition) is 0. The Labute approximate surface area is 88.9 Å². The van der Waals surface area contributed by atoms with Gasteiger partial charge in [0.05, 0.1) is 13.1 Å². The van der Waals surface area contributed by atoms with Crippen molar-refractivity contribution in [2.24, 2.45) is 0 Å². The van der Waals surface area contributed by atoms with Crippen LogP contribution in [0, 0.1) is 11.7 Å². The number of carbonyl (C=O) groups excluding carboxylic acids is 2. The topological polar surface area (TPSA) is 55.8 Å². The zero-order valence-electron chi connectivity index (χ0n) is 8.78. The van der Waals surface area contributed by atoms with Crippen molar-refractivity contribution < 1.29 is 18.9 Å². The first-order chi connectivity index (χ1) is 7.11. The van der Waals surface area contributed by atoms with Gasteiger partial charge in [-0.1, -0.05) is 12.7 Å². The van der Waals surface area contributed by atoms with Gasteiger partial charge in [0.25, 0.3) is 0 Å². The molecule has 0 radical (unpaired) electrons. The van der Waals surface area contributed by atoms with E-state index in [0.29, 0.717) is 6.42 Å². The standard InChI is InChI=1S/C9H12BNO4/c1-3-4-5-10-14-8(12)6-11(2)7-9(13)15-10/h3,6-7H2,1-2H3. The van der Waals surface area contributed by atoms with Crippen molar-refractivity contribution in [1.82, 2.24) is 4.90 Å². The molecule has 0 aromatic heterocycles. The van der Waals surface area contributed by atoms with Crippen LogP contribution in [0.4, 0.5) is 0 Å². The zero-order valence-corrected chi connectivity index (χ0v) is 8.78. The van der Waals surface area contributed by atoms with Crippen LogP contribution >= 0.6 is 0 Å². The maximum Gasteiger partial charge on any atom is 0.694 e. The van der Waals surface area contributed by atoms with Gasteiger partial charge in [0, 0.05) is 6.42 Å². The minimum Gasteiger partial charge on any atom is -0.487 e. The smallest absolute Gasteiger partial charge is 0.487 e. The second-order valence-corrected chi connectivity index (χ2v) is 3.16. The molecular formula is C9H12BNO4. The molecule has 80 valence electrons. The van der Waals surface area contributed by atoms with Crippen molar-refractivity contribution in [2.45, 2.75) is 13.3 Å². The molecule has 0 aliphatic carbocycles. The predicted molar refractivity (Wildman–Crippen MR) is 53.5 cm³/mol. The van der Waals surface area contributed by atoms with E-state index in [0.717, 1.165) is 0 Å². The van der Waals surface area contributed by atoms with Crippen LogP contribution in [-0.4, -0.2) is 44.1 Å². The molecule has 1 saturated heterocycles. The van der Waals surface area contributed by atoms with Gasteiger partial charge < -0.3 is 9.31 Å². The third-order valence-corrected chi connectivity index (χ3v) is 1.67.